The number of benzene rings is 2. The Balaban J connectivity index is 1.61. The van der Waals surface area contributed by atoms with Crippen LogP contribution in [0.5, 0.6) is 0 Å². The maximum atomic E-state index is 12.3. The Morgan fingerprint density at radius 1 is 1.12 bits per heavy atom. The van der Waals surface area contributed by atoms with Crippen LogP contribution in [-0.4, -0.2) is 10.8 Å². The van der Waals surface area contributed by atoms with Crippen molar-refractivity contribution in [3.63, 3.8) is 0 Å². The summed E-state index contributed by atoms with van der Waals surface area (Å²) in [7, 11) is 0. The number of carbonyl (C=O) groups excluding carboxylic acids is 1. The Hall–Kier alpha value is -2.69. The largest absolute Gasteiger partial charge is 0.349 e. The zero-order valence-corrected chi connectivity index (χ0v) is 14.3. The molecule has 1 aliphatic carbocycles. The highest BCUT2D eigenvalue weighted by Gasteiger charge is 2.14. The zero-order chi connectivity index (χ0) is 17.8. The quantitative estimate of drug-likeness (QED) is 0.664. The first-order chi connectivity index (χ1) is 12.0. The molecule has 0 saturated carbocycles. The first-order valence-electron chi connectivity index (χ1n) is 8.67. The fourth-order valence-electron chi connectivity index (χ4n) is 3.32. The van der Waals surface area contributed by atoms with Gasteiger partial charge in [-0.3, -0.25) is 14.9 Å². The molecule has 2 aromatic carbocycles. The summed E-state index contributed by atoms with van der Waals surface area (Å²) in [5.74, 6) is -0.0842. The van der Waals surface area contributed by atoms with Crippen molar-refractivity contribution >= 4 is 11.6 Å². The lowest BCUT2D eigenvalue weighted by Crippen LogP contribution is -2.28. The number of rotatable bonds is 5. The van der Waals surface area contributed by atoms with Crippen LogP contribution in [0, 0.1) is 10.1 Å². The van der Waals surface area contributed by atoms with Gasteiger partial charge in [0.15, 0.2) is 0 Å². The lowest BCUT2D eigenvalue weighted by Gasteiger charge is -2.20. The van der Waals surface area contributed by atoms with E-state index < -0.39 is 4.92 Å². The van der Waals surface area contributed by atoms with Crippen molar-refractivity contribution in [1.82, 2.24) is 5.32 Å². The van der Waals surface area contributed by atoms with Crippen LogP contribution in [0.2, 0.25) is 0 Å². The summed E-state index contributed by atoms with van der Waals surface area (Å²) >= 11 is 0. The van der Waals surface area contributed by atoms with E-state index in [1.165, 1.54) is 36.1 Å². The molecular weight excluding hydrogens is 316 g/mol. The number of nitrogens with one attached hydrogen (secondary N) is 1. The lowest BCUT2D eigenvalue weighted by atomic mass is 9.89. The second kappa shape index (κ2) is 7.47. The highest BCUT2D eigenvalue weighted by molar-refractivity contribution is 5.79. The molecule has 5 nitrogen and oxygen atoms in total. The summed E-state index contributed by atoms with van der Waals surface area (Å²) in [6.45, 7) is 1.98. The number of nitro groups is 1. The van der Waals surface area contributed by atoms with Crippen molar-refractivity contribution in [2.75, 3.05) is 0 Å². The van der Waals surface area contributed by atoms with E-state index in [1.54, 1.807) is 12.1 Å². The smallest absolute Gasteiger partial charge is 0.269 e. The van der Waals surface area contributed by atoms with E-state index in [0.29, 0.717) is 0 Å². The number of non-ortho nitro benzene ring substituents is 1. The molecule has 1 amide bonds. The SMILES string of the molecule is C[C@H](NC(=O)Cc1ccc([N+](=O)[O-])cc1)c1ccc2c(c1)CCCC2. The summed E-state index contributed by atoms with van der Waals surface area (Å²) in [5.41, 5.74) is 4.75. The summed E-state index contributed by atoms with van der Waals surface area (Å²) in [4.78, 5) is 22.5. The van der Waals surface area contributed by atoms with Gasteiger partial charge < -0.3 is 5.32 Å². The monoisotopic (exact) mass is 338 g/mol. The maximum absolute atomic E-state index is 12.3. The van der Waals surface area contributed by atoms with E-state index in [4.69, 9.17) is 0 Å². The minimum Gasteiger partial charge on any atom is -0.349 e. The molecule has 1 N–H and O–H groups in total. The number of fused-ring (bicyclic) bond motifs is 1. The molecule has 130 valence electrons. The third kappa shape index (κ3) is 4.24. The van der Waals surface area contributed by atoms with Gasteiger partial charge in [-0.05, 0) is 54.9 Å². The van der Waals surface area contributed by atoms with Crippen molar-refractivity contribution in [3.05, 3.63) is 74.8 Å². The number of nitrogens with zero attached hydrogens (tertiary/aromatic N) is 1. The molecule has 2 aromatic rings. The Morgan fingerprint density at radius 3 is 2.48 bits per heavy atom. The lowest BCUT2D eigenvalue weighted by molar-refractivity contribution is -0.384. The number of hydrogen-bond donors (Lipinski definition) is 1. The Bertz CT molecular complexity index is 784. The normalized spacial score (nSPS) is 14.4. The molecule has 0 saturated heterocycles. The van der Waals surface area contributed by atoms with Gasteiger partial charge >= 0.3 is 0 Å². The van der Waals surface area contributed by atoms with Gasteiger partial charge in [-0.25, -0.2) is 0 Å². The molecule has 0 heterocycles. The van der Waals surface area contributed by atoms with Crippen LogP contribution in [0.25, 0.3) is 0 Å². The van der Waals surface area contributed by atoms with Crippen molar-refractivity contribution in [3.8, 4) is 0 Å². The van der Waals surface area contributed by atoms with Gasteiger partial charge in [-0.15, -0.1) is 0 Å². The average molecular weight is 338 g/mol. The number of carbonyl (C=O) groups is 1. The fraction of sp³-hybridized carbons (Fsp3) is 0.350. The van der Waals surface area contributed by atoms with Crippen LogP contribution >= 0.6 is 0 Å². The summed E-state index contributed by atoms with van der Waals surface area (Å²) in [6.07, 6.45) is 4.97. The number of amides is 1. The van der Waals surface area contributed by atoms with E-state index in [0.717, 1.165) is 24.0 Å². The fourth-order valence-corrected chi connectivity index (χ4v) is 3.32. The van der Waals surface area contributed by atoms with Gasteiger partial charge in [0.2, 0.25) is 5.91 Å². The second-order valence-corrected chi connectivity index (χ2v) is 6.62. The molecular formula is C20H22N2O3. The number of nitro benzene ring substituents is 1. The van der Waals surface area contributed by atoms with E-state index in [1.807, 2.05) is 6.92 Å². The summed E-state index contributed by atoms with van der Waals surface area (Å²) in [6, 6.07) is 12.5. The summed E-state index contributed by atoms with van der Waals surface area (Å²) < 4.78 is 0. The summed E-state index contributed by atoms with van der Waals surface area (Å²) in [5, 5.41) is 13.7. The van der Waals surface area contributed by atoms with Crippen molar-refractivity contribution in [2.24, 2.45) is 0 Å². The number of aryl methyl sites for hydroxylation is 2. The highest BCUT2D eigenvalue weighted by atomic mass is 16.6. The molecule has 0 fully saturated rings. The van der Waals surface area contributed by atoms with E-state index in [9.17, 15) is 14.9 Å². The minimum absolute atomic E-state index is 0.0339. The van der Waals surface area contributed by atoms with E-state index in [-0.39, 0.29) is 24.1 Å². The van der Waals surface area contributed by atoms with Gasteiger partial charge in [0.25, 0.3) is 5.69 Å². The molecule has 5 heteroatoms. The molecule has 0 aliphatic heterocycles. The average Bonchev–Trinajstić information content (AvgIpc) is 2.61. The highest BCUT2D eigenvalue weighted by Crippen LogP contribution is 2.24. The Morgan fingerprint density at radius 2 is 1.80 bits per heavy atom. The van der Waals surface area contributed by atoms with Crippen LogP contribution in [0.4, 0.5) is 5.69 Å². The van der Waals surface area contributed by atoms with E-state index in [2.05, 4.69) is 23.5 Å². The molecule has 0 unspecified atom stereocenters. The third-order valence-electron chi connectivity index (χ3n) is 4.76. The second-order valence-electron chi connectivity index (χ2n) is 6.62. The van der Waals surface area contributed by atoms with Crippen LogP contribution in [-0.2, 0) is 24.1 Å². The Labute approximate surface area is 147 Å². The van der Waals surface area contributed by atoms with Gasteiger partial charge in [-0.1, -0.05) is 30.3 Å². The molecule has 0 aromatic heterocycles. The van der Waals surface area contributed by atoms with Crippen LogP contribution in [0.15, 0.2) is 42.5 Å². The molecule has 25 heavy (non-hydrogen) atoms. The van der Waals surface area contributed by atoms with Gasteiger partial charge in [0.05, 0.1) is 17.4 Å². The van der Waals surface area contributed by atoms with Gasteiger partial charge in [0, 0.05) is 12.1 Å². The van der Waals surface area contributed by atoms with Gasteiger partial charge in [-0.2, -0.15) is 0 Å². The third-order valence-corrected chi connectivity index (χ3v) is 4.76. The molecule has 0 bridgehead atoms. The molecule has 0 radical (unpaired) electrons. The molecule has 3 rings (SSSR count). The molecule has 1 atom stereocenters. The van der Waals surface area contributed by atoms with Crippen LogP contribution < -0.4 is 5.32 Å². The Kier molecular flexibility index (Phi) is 5.12. The first-order valence-corrected chi connectivity index (χ1v) is 8.67. The number of hydrogen-bond acceptors (Lipinski definition) is 3. The van der Waals surface area contributed by atoms with Crippen LogP contribution in [0.3, 0.4) is 0 Å². The first kappa shape index (κ1) is 17.1. The maximum Gasteiger partial charge on any atom is 0.269 e. The minimum atomic E-state index is -0.442. The predicted octanol–water partition coefficient (Wildman–Crippen LogP) is 3.89. The van der Waals surface area contributed by atoms with Gasteiger partial charge in [0.1, 0.15) is 0 Å². The zero-order valence-electron chi connectivity index (χ0n) is 14.3. The van der Waals surface area contributed by atoms with Crippen LogP contribution in [0.1, 0.15) is 48.1 Å². The van der Waals surface area contributed by atoms with Crippen molar-refractivity contribution in [1.29, 1.82) is 0 Å². The van der Waals surface area contributed by atoms with E-state index >= 15 is 0 Å². The topological polar surface area (TPSA) is 72.2 Å². The molecule has 1 aliphatic rings. The standard InChI is InChI=1S/C20H22N2O3/c1-14(17-9-8-16-4-2-3-5-18(16)13-17)21-20(23)12-15-6-10-19(11-7-15)22(24)25/h6-11,13-14H,2-5,12H2,1H3,(H,21,23)/t14-/m0/s1. The molecule has 0 spiro atoms. The van der Waals surface area contributed by atoms with Crippen molar-refractivity contribution in [2.45, 2.75) is 45.1 Å². The van der Waals surface area contributed by atoms with Crippen molar-refractivity contribution < 1.29 is 9.72 Å². The predicted molar refractivity (Wildman–Crippen MR) is 96.4 cm³/mol.